The Balaban J connectivity index is 2.98. The largest absolute Gasteiger partial charge is 0.389 e. The summed E-state index contributed by atoms with van der Waals surface area (Å²) in [5.41, 5.74) is -0.553. The monoisotopic (exact) mass is 291 g/mol. The van der Waals surface area contributed by atoms with Gasteiger partial charge in [-0.05, 0) is 38.0 Å². The first-order chi connectivity index (χ1) is 8.19. The van der Waals surface area contributed by atoms with Crippen molar-refractivity contribution < 1.29 is 13.5 Å². The fourth-order valence-corrected chi connectivity index (χ4v) is 2.99. The molecule has 4 nitrogen and oxygen atoms in total. The average molecular weight is 292 g/mol. The lowest BCUT2D eigenvalue weighted by Crippen LogP contribution is -2.40. The Hall–Kier alpha value is -0.620. The SMILES string of the molecule is CCC(C)(O)CNS(=O)(=O)c1cccc(Cl)c1C. The van der Waals surface area contributed by atoms with Crippen molar-refractivity contribution in [3.63, 3.8) is 0 Å². The zero-order valence-corrected chi connectivity index (χ0v) is 12.3. The molecule has 0 aliphatic rings. The topological polar surface area (TPSA) is 66.4 Å². The van der Waals surface area contributed by atoms with Crippen molar-refractivity contribution >= 4 is 21.6 Å². The first-order valence-corrected chi connectivity index (χ1v) is 7.53. The molecule has 0 radical (unpaired) electrons. The van der Waals surface area contributed by atoms with Gasteiger partial charge in [-0.1, -0.05) is 24.6 Å². The van der Waals surface area contributed by atoms with Crippen LogP contribution in [0.1, 0.15) is 25.8 Å². The van der Waals surface area contributed by atoms with Gasteiger partial charge >= 0.3 is 0 Å². The molecule has 0 saturated carbocycles. The highest BCUT2D eigenvalue weighted by molar-refractivity contribution is 7.89. The molecule has 0 heterocycles. The van der Waals surface area contributed by atoms with Crippen LogP contribution in [-0.2, 0) is 10.0 Å². The smallest absolute Gasteiger partial charge is 0.240 e. The van der Waals surface area contributed by atoms with E-state index in [-0.39, 0.29) is 11.4 Å². The summed E-state index contributed by atoms with van der Waals surface area (Å²) >= 11 is 5.90. The molecule has 0 bridgehead atoms. The highest BCUT2D eigenvalue weighted by atomic mass is 35.5. The van der Waals surface area contributed by atoms with Crippen molar-refractivity contribution in [2.24, 2.45) is 0 Å². The quantitative estimate of drug-likeness (QED) is 0.873. The minimum absolute atomic E-state index is 0.0300. The molecule has 0 saturated heterocycles. The molecule has 1 atom stereocenters. The van der Waals surface area contributed by atoms with E-state index in [1.165, 1.54) is 6.07 Å². The van der Waals surface area contributed by atoms with Crippen LogP contribution in [0.25, 0.3) is 0 Å². The Morgan fingerprint density at radius 2 is 2.06 bits per heavy atom. The van der Waals surface area contributed by atoms with Gasteiger partial charge in [-0.2, -0.15) is 0 Å². The molecule has 0 spiro atoms. The molecule has 6 heteroatoms. The molecule has 0 fully saturated rings. The zero-order valence-electron chi connectivity index (χ0n) is 10.7. The molecule has 18 heavy (non-hydrogen) atoms. The Morgan fingerprint density at radius 1 is 1.44 bits per heavy atom. The van der Waals surface area contributed by atoms with Gasteiger partial charge in [-0.25, -0.2) is 13.1 Å². The molecule has 1 unspecified atom stereocenters. The number of nitrogens with one attached hydrogen (secondary N) is 1. The van der Waals surface area contributed by atoms with Crippen LogP contribution in [-0.4, -0.2) is 25.7 Å². The molecule has 0 aliphatic carbocycles. The third-order valence-corrected chi connectivity index (χ3v) is 4.87. The third-order valence-electron chi connectivity index (χ3n) is 2.91. The average Bonchev–Trinajstić information content (AvgIpc) is 2.30. The van der Waals surface area contributed by atoms with Crippen LogP contribution < -0.4 is 4.72 Å². The van der Waals surface area contributed by atoms with Crippen LogP contribution in [0.4, 0.5) is 0 Å². The van der Waals surface area contributed by atoms with Crippen molar-refractivity contribution in [3.8, 4) is 0 Å². The van der Waals surface area contributed by atoms with Crippen molar-refractivity contribution in [1.82, 2.24) is 4.72 Å². The van der Waals surface area contributed by atoms with E-state index in [0.717, 1.165) is 0 Å². The second-order valence-electron chi connectivity index (χ2n) is 4.54. The van der Waals surface area contributed by atoms with E-state index < -0.39 is 15.6 Å². The molecule has 102 valence electrons. The van der Waals surface area contributed by atoms with Gasteiger partial charge in [0.2, 0.25) is 10.0 Å². The standard InChI is InChI=1S/C12H18ClNO3S/c1-4-12(3,15)8-14-18(16,17)11-7-5-6-10(13)9(11)2/h5-7,14-15H,4,8H2,1-3H3. The normalized spacial score (nSPS) is 15.4. The van der Waals surface area contributed by atoms with Crippen LogP contribution in [0.15, 0.2) is 23.1 Å². The number of halogens is 1. The number of sulfonamides is 1. The van der Waals surface area contributed by atoms with Crippen LogP contribution in [0.5, 0.6) is 0 Å². The lowest BCUT2D eigenvalue weighted by atomic mass is 10.1. The summed E-state index contributed by atoms with van der Waals surface area (Å²) in [5, 5.41) is 10.2. The molecule has 2 N–H and O–H groups in total. The number of hydrogen-bond acceptors (Lipinski definition) is 3. The fraction of sp³-hybridized carbons (Fsp3) is 0.500. The molecule has 1 aromatic carbocycles. The maximum absolute atomic E-state index is 12.1. The highest BCUT2D eigenvalue weighted by Gasteiger charge is 2.23. The number of benzene rings is 1. The molecular weight excluding hydrogens is 274 g/mol. The summed E-state index contributed by atoms with van der Waals surface area (Å²) in [5.74, 6) is 0. The number of hydrogen-bond donors (Lipinski definition) is 2. The molecule has 0 aromatic heterocycles. The first-order valence-electron chi connectivity index (χ1n) is 5.67. The van der Waals surface area contributed by atoms with Gasteiger partial charge in [-0.15, -0.1) is 0 Å². The Bertz CT molecular complexity index is 526. The minimum Gasteiger partial charge on any atom is -0.389 e. The van der Waals surface area contributed by atoms with Crippen molar-refractivity contribution in [3.05, 3.63) is 28.8 Å². The fourth-order valence-electron chi connectivity index (χ4n) is 1.33. The summed E-state index contributed by atoms with van der Waals surface area (Å²) in [6.45, 7) is 4.99. The summed E-state index contributed by atoms with van der Waals surface area (Å²) in [6.07, 6.45) is 0.462. The predicted molar refractivity (Wildman–Crippen MR) is 72.3 cm³/mol. The van der Waals surface area contributed by atoms with Crippen molar-refractivity contribution in [1.29, 1.82) is 0 Å². The van der Waals surface area contributed by atoms with E-state index in [1.54, 1.807) is 32.9 Å². The minimum atomic E-state index is -3.65. The number of aliphatic hydroxyl groups is 1. The number of rotatable bonds is 5. The molecule has 0 aliphatic heterocycles. The van der Waals surface area contributed by atoms with Gasteiger partial charge in [0.25, 0.3) is 0 Å². The Morgan fingerprint density at radius 3 is 2.61 bits per heavy atom. The summed E-state index contributed by atoms with van der Waals surface area (Å²) in [4.78, 5) is 0.141. The van der Waals surface area contributed by atoms with E-state index in [0.29, 0.717) is 17.0 Å². The van der Waals surface area contributed by atoms with Gasteiger partial charge in [0.15, 0.2) is 0 Å². The van der Waals surface area contributed by atoms with Gasteiger partial charge in [-0.3, -0.25) is 0 Å². The summed E-state index contributed by atoms with van der Waals surface area (Å²) in [6, 6.07) is 4.71. The van der Waals surface area contributed by atoms with Gasteiger partial charge in [0.1, 0.15) is 0 Å². The second kappa shape index (κ2) is 5.57. The van der Waals surface area contributed by atoms with Crippen LogP contribution in [0.3, 0.4) is 0 Å². The predicted octanol–water partition coefficient (Wildman–Crippen LogP) is 2.09. The highest BCUT2D eigenvalue weighted by Crippen LogP contribution is 2.22. The zero-order chi connectivity index (χ0) is 14.0. The maximum atomic E-state index is 12.1. The molecule has 0 amide bonds. The third kappa shape index (κ3) is 3.68. The molecule has 1 rings (SSSR count). The van der Waals surface area contributed by atoms with E-state index >= 15 is 0 Å². The first kappa shape index (κ1) is 15.4. The second-order valence-corrected chi connectivity index (χ2v) is 6.68. The van der Waals surface area contributed by atoms with Gasteiger partial charge in [0, 0.05) is 11.6 Å². The molecule has 1 aromatic rings. The van der Waals surface area contributed by atoms with Gasteiger partial charge < -0.3 is 5.11 Å². The summed E-state index contributed by atoms with van der Waals surface area (Å²) < 4.78 is 26.6. The lowest BCUT2D eigenvalue weighted by molar-refractivity contribution is 0.0613. The van der Waals surface area contributed by atoms with E-state index in [1.807, 2.05) is 0 Å². The molecular formula is C12H18ClNO3S. The van der Waals surface area contributed by atoms with Crippen LogP contribution in [0, 0.1) is 6.92 Å². The van der Waals surface area contributed by atoms with E-state index in [9.17, 15) is 13.5 Å². The van der Waals surface area contributed by atoms with Crippen LogP contribution in [0.2, 0.25) is 5.02 Å². The van der Waals surface area contributed by atoms with E-state index in [4.69, 9.17) is 11.6 Å². The lowest BCUT2D eigenvalue weighted by Gasteiger charge is -2.21. The van der Waals surface area contributed by atoms with Crippen LogP contribution >= 0.6 is 11.6 Å². The Labute approximate surface area is 113 Å². The Kier molecular flexibility index (Phi) is 4.78. The van der Waals surface area contributed by atoms with Gasteiger partial charge in [0.05, 0.1) is 10.5 Å². The maximum Gasteiger partial charge on any atom is 0.240 e. The summed E-state index contributed by atoms with van der Waals surface area (Å²) in [7, 11) is -3.65. The van der Waals surface area contributed by atoms with Crippen molar-refractivity contribution in [2.75, 3.05) is 6.54 Å². The van der Waals surface area contributed by atoms with Crippen molar-refractivity contribution in [2.45, 2.75) is 37.7 Å². The van der Waals surface area contributed by atoms with E-state index in [2.05, 4.69) is 4.72 Å².